The number of piperidine rings is 1. The van der Waals surface area contributed by atoms with Crippen LogP contribution in [0.15, 0.2) is 24.3 Å². The minimum Gasteiger partial charge on any atom is -0.299 e. The molecular formula is C14H16ClNO2. The molecule has 96 valence electrons. The summed E-state index contributed by atoms with van der Waals surface area (Å²) in [4.78, 5) is 25.5. The Morgan fingerprint density at radius 3 is 2.94 bits per heavy atom. The maximum absolute atomic E-state index is 12.1. The molecule has 0 spiro atoms. The predicted octanol–water partition coefficient (Wildman–Crippen LogP) is 2.43. The van der Waals surface area contributed by atoms with Gasteiger partial charge in [-0.1, -0.05) is 30.7 Å². The standard InChI is InChI=1S/C14H16ClNO2/c1-10-8-16(6-5-13(10)17)9-14(18)11-3-2-4-12(15)7-11/h2-4,7,10H,5-6,8-9H2,1H3. The minimum atomic E-state index is 0.0333. The first-order chi connectivity index (χ1) is 8.56. The average Bonchev–Trinajstić information content (AvgIpc) is 2.34. The van der Waals surface area contributed by atoms with Gasteiger partial charge in [0.25, 0.3) is 0 Å². The van der Waals surface area contributed by atoms with Crippen molar-refractivity contribution < 1.29 is 9.59 Å². The summed E-state index contributed by atoms with van der Waals surface area (Å²) in [6, 6.07) is 6.98. The fourth-order valence-corrected chi connectivity index (χ4v) is 2.39. The topological polar surface area (TPSA) is 37.4 Å². The first-order valence-electron chi connectivity index (χ1n) is 6.10. The molecular weight excluding hydrogens is 250 g/mol. The van der Waals surface area contributed by atoms with Crippen LogP contribution in [0.2, 0.25) is 5.02 Å². The van der Waals surface area contributed by atoms with E-state index in [-0.39, 0.29) is 11.7 Å². The van der Waals surface area contributed by atoms with Gasteiger partial charge < -0.3 is 0 Å². The van der Waals surface area contributed by atoms with E-state index in [2.05, 4.69) is 0 Å². The van der Waals surface area contributed by atoms with Crippen LogP contribution in [0, 0.1) is 5.92 Å². The highest BCUT2D eigenvalue weighted by molar-refractivity contribution is 6.31. The Labute approximate surface area is 112 Å². The van der Waals surface area contributed by atoms with Gasteiger partial charge in [0.05, 0.1) is 6.54 Å². The van der Waals surface area contributed by atoms with Gasteiger partial charge in [0.1, 0.15) is 5.78 Å². The van der Waals surface area contributed by atoms with Gasteiger partial charge >= 0.3 is 0 Å². The summed E-state index contributed by atoms with van der Waals surface area (Å²) in [5.41, 5.74) is 0.632. The van der Waals surface area contributed by atoms with Gasteiger partial charge in [-0.25, -0.2) is 0 Å². The molecule has 1 aromatic rings. The third kappa shape index (κ3) is 3.18. The van der Waals surface area contributed by atoms with Crippen LogP contribution in [0.4, 0.5) is 0 Å². The normalized spacial score (nSPS) is 21.0. The molecule has 0 saturated carbocycles. The second kappa shape index (κ2) is 5.63. The van der Waals surface area contributed by atoms with E-state index in [4.69, 9.17) is 11.6 Å². The predicted molar refractivity (Wildman–Crippen MR) is 71.0 cm³/mol. The summed E-state index contributed by atoms with van der Waals surface area (Å²) in [6.45, 7) is 3.62. The van der Waals surface area contributed by atoms with Gasteiger partial charge in [0, 0.05) is 36.0 Å². The molecule has 3 nitrogen and oxygen atoms in total. The first kappa shape index (κ1) is 13.2. The summed E-state index contributed by atoms with van der Waals surface area (Å²) < 4.78 is 0. The molecule has 1 fully saturated rings. The maximum atomic E-state index is 12.1. The van der Waals surface area contributed by atoms with Gasteiger partial charge in [-0.15, -0.1) is 0 Å². The molecule has 0 N–H and O–H groups in total. The number of halogens is 1. The number of Topliss-reactive ketones (excluding diaryl/α,β-unsaturated/α-hetero) is 2. The first-order valence-corrected chi connectivity index (χ1v) is 6.48. The van der Waals surface area contributed by atoms with Crippen molar-refractivity contribution >= 4 is 23.2 Å². The second-order valence-electron chi connectivity index (χ2n) is 4.79. The lowest BCUT2D eigenvalue weighted by Gasteiger charge is -2.29. The number of benzene rings is 1. The number of hydrogen-bond acceptors (Lipinski definition) is 3. The van der Waals surface area contributed by atoms with Crippen molar-refractivity contribution in [2.75, 3.05) is 19.6 Å². The van der Waals surface area contributed by atoms with E-state index in [9.17, 15) is 9.59 Å². The number of nitrogens with zero attached hydrogens (tertiary/aromatic N) is 1. The number of carbonyl (C=O) groups excluding carboxylic acids is 2. The lowest BCUT2D eigenvalue weighted by Crippen LogP contribution is -2.42. The van der Waals surface area contributed by atoms with Gasteiger partial charge in [0.2, 0.25) is 0 Å². The molecule has 1 atom stereocenters. The quantitative estimate of drug-likeness (QED) is 0.788. The largest absolute Gasteiger partial charge is 0.299 e. The molecule has 18 heavy (non-hydrogen) atoms. The molecule has 1 aliphatic rings. The number of carbonyl (C=O) groups is 2. The number of likely N-dealkylation sites (tertiary alicyclic amines) is 1. The molecule has 4 heteroatoms. The fraction of sp³-hybridized carbons (Fsp3) is 0.429. The van der Waals surface area contributed by atoms with Crippen molar-refractivity contribution in [1.29, 1.82) is 0 Å². The highest BCUT2D eigenvalue weighted by Gasteiger charge is 2.24. The van der Waals surface area contributed by atoms with Gasteiger partial charge in [-0.3, -0.25) is 14.5 Å². The van der Waals surface area contributed by atoms with Crippen molar-refractivity contribution in [3.05, 3.63) is 34.9 Å². The van der Waals surface area contributed by atoms with E-state index in [0.717, 1.165) is 0 Å². The van der Waals surface area contributed by atoms with E-state index < -0.39 is 0 Å². The van der Waals surface area contributed by atoms with Gasteiger partial charge in [-0.2, -0.15) is 0 Å². The Bertz CT molecular complexity index is 473. The van der Waals surface area contributed by atoms with E-state index in [0.29, 0.717) is 42.4 Å². The molecule has 0 aromatic heterocycles. The zero-order valence-corrected chi connectivity index (χ0v) is 11.1. The fourth-order valence-electron chi connectivity index (χ4n) is 2.20. The zero-order valence-electron chi connectivity index (χ0n) is 10.4. The van der Waals surface area contributed by atoms with Crippen LogP contribution in [0.5, 0.6) is 0 Å². The number of hydrogen-bond donors (Lipinski definition) is 0. The highest BCUT2D eigenvalue weighted by Crippen LogP contribution is 2.15. The van der Waals surface area contributed by atoms with E-state index >= 15 is 0 Å². The third-order valence-corrected chi connectivity index (χ3v) is 3.51. The molecule has 1 heterocycles. The van der Waals surface area contributed by atoms with Crippen LogP contribution < -0.4 is 0 Å². The van der Waals surface area contributed by atoms with Crippen LogP contribution in [0.3, 0.4) is 0 Å². The molecule has 0 bridgehead atoms. The average molecular weight is 266 g/mol. The lowest BCUT2D eigenvalue weighted by molar-refractivity contribution is -0.125. The van der Waals surface area contributed by atoms with Crippen LogP contribution in [-0.2, 0) is 4.79 Å². The van der Waals surface area contributed by atoms with Gasteiger partial charge in [-0.05, 0) is 12.1 Å². The summed E-state index contributed by atoms with van der Waals surface area (Å²) in [5, 5.41) is 0.572. The van der Waals surface area contributed by atoms with Crippen molar-refractivity contribution in [3.63, 3.8) is 0 Å². The van der Waals surface area contributed by atoms with Crippen molar-refractivity contribution in [2.24, 2.45) is 5.92 Å². The smallest absolute Gasteiger partial charge is 0.176 e. The van der Waals surface area contributed by atoms with Crippen molar-refractivity contribution in [1.82, 2.24) is 4.90 Å². The maximum Gasteiger partial charge on any atom is 0.176 e. The van der Waals surface area contributed by atoms with Crippen LogP contribution in [0.25, 0.3) is 0 Å². The van der Waals surface area contributed by atoms with E-state index in [1.165, 1.54) is 0 Å². The highest BCUT2D eigenvalue weighted by atomic mass is 35.5. The minimum absolute atomic E-state index is 0.0333. The summed E-state index contributed by atoms with van der Waals surface area (Å²) in [7, 11) is 0. The Kier molecular flexibility index (Phi) is 4.15. The Hall–Kier alpha value is -1.19. The molecule has 1 unspecified atom stereocenters. The van der Waals surface area contributed by atoms with Crippen LogP contribution in [-0.4, -0.2) is 36.1 Å². The summed E-state index contributed by atoms with van der Waals surface area (Å²) in [6.07, 6.45) is 0.546. The molecule has 0 aliphatic carbocycles. The summed E-state index contributed by atoms with van der Waals surface area (Å²) in [5.74, 6) is 0.381. The molecule has 1 aliphatic heterocycles. The van der Waals surface area contributed by atoms with Gasteiger partial charge in [0.15, 0.2) is 5.78 Å². The Morgan fingerprint density at radius 1 is 1.50 bits per heavy atom. The van der Waals surface area contributed by atoms with Crippen molar-refractivity contribution in [3.8, 4) is 0 Å². The Morgan fingerprint density at radius 2 is 2.28 bits per heavy atom. The van der Waals surface area contributed by atoms with E-state index in [1.54, 1.807) is 24.3 Å². The lowest BCUT2D eigenvalue weighted by atomic mass is 9.98. The Balaban J connectivity index is 1.98. The SMILES string of the molecule is CC1CN(CC(=O)c2cccc(Cl)c2)CCC1=O. The molecule has 2 rings (SSSR count). The van der Waals surface area contributed by atoms with Crippen LogP contribution >= 0.6 is 11.6 Å². The monoisotopic (exact) mass is 265 g/mol. The van der Waals surface area contributed by atoms with Crippen LogP contribution in [0.1, 0.15) is 23.7 Å². The molecule has 0 amide bonds. The van der Waals surface area contributed by atoms with Crippen molar-refractivity contribution in [2.45, 2.75) is 13.3 Å². The van der Waals surface area contributed by atoms with E-state index in [1.807, 2.05) is 11.8 Å². The summed E-state index contributed by atoms with van der Waals surface area (Å²) >= 11 is 5.86. The number of ketones is 2. The number of rotatable bonds is 3. The molecule has 0 radical (unpaired) electrons. The second-order valence-corrected chi connectivity index (χ2v) is 5.22. The zero-order chi connectivity index (χ0) is 13.1. The molecule has 1 saturated heterocycles. The molecule has 1 aromatic carbocycles. The third-order valence-electron chi connectivity index (χ3n) is 3.27.